The molecule has 112 valence electrons. The summed E-state index contributed by atoms with van der Waals surface area (Å²) in [6, 6.07) is 1.76. The van der Waals surface area contributed by atoms with Gasteiger partial charge in [-0.25, -0.2) is 12.8 Å². The van der Waals surface area contributed by atoms with Gasteiger partial charge in [0.2, 0.25) is 10.0 Å². The average molecular weight is 324 g/mol. The average Bonchev–Trinajstić information content (AvgIpc) is 2.26. The molecule has 0 radical (unpaired) electrons. The quantitative estimate of drug-likeness (QED) is 0.841. The molecule has 2 N–H and O–H groups in total. The monoisotopic (exact) mass is 323 g/mol. The van der Waals surface area contributed by atoms with E-state index in [-0.39, 0.29) is 17.4 Å². The minimum Gasteiger partial charge on any atom is -0.480 e. The first-order chi connectivity index (χ1) is 9.13. The van der Waals surface area contributed by atoms with Crippen molar-refractivity contribution in [2.45, 2.75) is 31.2 Å². The van der Waals surface area contributed by atoms with Crippen LogP contribution in [0, 0.1) is 11.7 Å². The Balaban J connectivity index is 3.06. The van der Waals surface area contributed by atoms with E-state index >= 15 is 0 Å². The maximum atomic E-state index is 13.6. The molecule has 0 aliphatic heterocycles. The molecular weight excluding hydrogens is 309 g/mol. The van der Waals surface area contributed by atoms with Crippen molar-refractivity contribution in [3.05, 3.63) is 29.0 Å². The van der Waals surface area contributed by atoms with E-state index in [1.54, 1.807) is 13.8 Å². The lowest BCUT2D eigenvalue weighted by Gasteiger charge is -2.16. The third-order valence-corrected chi connectivity index (χ3v) is 4.23. The molecule has 0 bridgehead atoms. The number of nitrogens with one attached hydrogen (secondary N) is 1. The Morgan fingerprint density at radius 3 is 2.50 bits per heavy atom. The van der Waals surface area contributed by atoms with E-state index in [4.69, 9.17) is 16.7 Å². The summed E-state index contributed by atoms with van der Waals surface area (Å²) in [5, 5.41) is 9.06. The fraction of sp³-hybridized carbons (Fsp3) is 0.417. The molecule has 8 heteroatoms. The summed E-state index contributed by atoms with van der Waals surface area (Å²) in [5.74, 6) is -2.37. The highest BCUT2D eigenvalue weighted by atomic mass is 35.5. The van der Waals surface area contributed by atoms with E-state index in [0.717, 1.165) is 12.1 Å². The zero-order chi connectivity index (χ0) is 15.5. The lowest BCUT2D eigenvalue weighted by atomic mass is 10.1. The zero-order valence-electron chi connectivity index (χ0n) is 10.9. The normalized spacial score (nSPS) is 13.4. The first kappa shape index (κ1) is 16.9. The van der Waals surface area contributed by atoms with Crippen LogP contribution in [0.25, 0.3) is 0 Å². The molecule has 20 heavy (non-hydrogen) atoms. The summed E-state index contributed by atoms with van der Waals surface area (Å²) < 4.78 is 39.6. The van der Waals surface area contributed by atoms with Crippen LogP contribution in [0.4, 0.5) is 4.39 Å². The SMILES string of the molecule is CC(C)CC(NS(=O)(=O)c1ccc(Cl)cc1F)C(=O)O. The lowest BCUT2D eigenvalue weighted by molar-refractivity contribution is -0.139. The molecule has 1 atom stereocenters. The number of carboxylic acids is 1. The van der Waals surface area contributed by atoms with Crippen LogP contribution in [0.3, 0.4) is 0 Å². The van der Waals surface area contributed by atoms with Gasteiger partial charge < -0.3 is 5.11 Å². The number of rotatable bonds is 6. The molecule has 1 aromatic rings. The molecule has 0 fully saturated rings. The third-order valence-electron chi connectivity index (χ3n) is 2.49. The largest absolute Gasteiger partial charge is 0.480 e. The Morgan fingerprint density at radius 2 is 2.05 bits per heavy atom. The van der Waals surface area contributed by atoms with Crippen molar-refractivity contribution in [3.8, 4) is 0 Å². The first-order valence-electron chi connectivity index (χ1n) is 5.83. The Labute approximate surface area is 121 Å². The molecule has 0 aliphatic rings. The highest BCUT2D eigenvalue weighted by Crippen LogP contribution is 2.19. The standard InChI is InChI=1S/C12H15ClFNO4S/c1-7(2)5-10(12(16)17)15-20(18,19)11-4-3-8(13)6-9(11)14/h3-4,6-7,10,15H,5H2,1-2H3,(H,16,17). The van der Waals surface area contributed by atoms with Crippen LogP contribution in [0.2, 0.25) is 5.02 Å². The van der Waals surface area contributed by atoms with E-state index in [1.165, 1.54) is 6.07 Å². The first-order valence-corrected chi connectivity index (χ1v) is 7.69. The summed E-state index contributed by atoms with van der Waals surface area (Å²) in [6.07, 6.45) is 0.101. The molecule has 1 aromatic carbocycles. The highest BCUT2D eigenvalue weighted by molar-refractivity contribution is 7.89. The second-order valence-electron chi connectivity index (χ2n) is 4.72. The predicted molar refractivity (Wildman–Crippen MR) is 72.6 cm³/mol. The molecule has 0 amide bonds. The minimum atomic E-state index is -4.26. The van der Waals surface area contributed by atoms with Crippen molar-refractivity contribution in [2.75, 3.05) is 0 Å². The van der Waals surface area contributed by atoms with Crippen LogP contribution in [0.1, 0.15) is 20.3 Å². The molecule has 1 unspecified atom stereocenters. The van der Waals surface area contributed by atoms with E-state index < -0.39 is 32.7 Å². The van der Waals surface area contributed by atoms with Gasteiger partial charge in [0.25, 0.3) is 0 Å². The van der Waals surface area contributed by atoms with E-state index in [0.29, 0.717) is 0 Å². The van der Waals surface area contributed by atoms with Gasteiger partial charge in [0.05, 0.1) is 0 Å². The van der Waals surface area contributed by atoms with Crippen LogP contribution in [0.5, 0.6) is 0 Å². The third kappa shape index (κ3) is 4.43. The Kier molecular flexibility index (Phi) is 5.50. The van der Waals surface area contributed by atoms with Crippen LogP contribution in [0.15, 0.2) is 23.1 Å². The number of sulfonamides is 1. The second-order valence-corrected chi connectivity index (χ2v) is 6.84. The van der Waals surface area contributed by atoms with E-state index in [9.17, 15) is 17.6 Å². The van der Waals surface area contributed by atoms with Gasteiger partial charge in [0, 0.05) is 5.02 Å². The summed E-state index contributed by atoms with van der Waals surface area (Å²) in [6.45, 7) is 3.51. The van der Waals surface area contributed by atoms with Crippen LogP contribution in [-0.2, 0) is 14.8 Å². The summed E-state index contributed by atoms with van der Waals surface area (Å²) in [4.78, 5) is 10.4. The number of carbonyl (C=O) groups is 1. The van der Waals surface area contributed by atoms with Crippen LogP contribution in [-0.4, -0.2) is 25.5 Å². The van der Waals surface area contributed by atoms with Crippen LogP contribution >= 0.6 is 11.6 Å². The Hall–Kier alpha value is -1.18. The van der Waals surface area contributed by atoms with Crippen LogP contribution < -0.4 is 4.72 Å². The summed E-state index contributed by atoms with van der Waals surface area (Å²) in [5.41, 5.74) is 0. The number of carboxylic acid groups (broad SMARTS) is 1. The minimum absolute atomic E-state index is 0.0335. The zero-order valence-corrected chi connectivity index (χ0v) is 12.5. The fourth-order valence-corrected chi connectivity index (χ4v) is 3.03. The van der Waals surface area contributed by atoms with Gasteiger partial charge in [-0.3, -0.25) is 4.79 Å². The highest BCUT2D eigenvalue weighted by Gasteiger charge is 2.28. The number of hydrogen-bond acceptors (Lipinski definition) is 3. The maximum absolute atomic E-state index is 13.6. The predicted octanol–water partition coefficient (Wildman–Crippen LogP) is 2.26. The lowest BCUT2D eigenvalue weighted by Crippen LogP contribution is -2.41. The van der Waals surface area contributed by atoms with Gasteiger partial charge >= 0.3 is 5.97 Å². The molecule has 5 nitrogen and oxygen atoms in total. The van der Waals surface area contributed by atoms with Gasteiger partial charge in [-0.1, -0.05) is 25.4 Å². The van der Waals surface area contributed by atoms with Crippen molar-refractivity contribution in [1.29, 1.82) is 0 Å². The van der Waals surface area contributed by atoms with Gasteiger partial charge in [-0.05, 0) is 30.5 Å². The topological polar surface area (TPSA) is 83.5 Å². The van der Waals surface area contributed by atoms with Crippen molar-refractivity contribution >= 4 is 27.6 Å². The molecule has 0 aliphatic carbocycles. The van der Waals surface area contributed by atoms with Crippen molar-refractivity contribution in [2.24, 2.45) is 5.92 Å². The molecule has 0 heterocycles. The maximum Gasteiger partial charge on any atom is 0.321 e. The summed E-state index contributed by atoms with van der Waals surface area (Å²) in [7, 11) is -4.26. The molecule has 0 aromatic heterocycles. The molecule has 1 rings (SSSR count). The fourth-order valence-electron chi connectivity index (χ4n) is 1.61. The van der Waals surface area contributed by atoms with E-state index in [1.807, 2.05) is 4.72 Å². The van der Waals surface area contributed by atoms with Crippen molar-refractivity contribution in [1.82, 2.24) is 4.72 Å². The van der Waals surface area contributed by atoms with Gasteiger partial charge in [-0.2, -0.15) is 4.72 Å². The van der Waals surface area contributed by atoms with Crippen molar-refractivity contribution < 1.29 is 22.7 Å². The van der Waals surface area contributed by atoms with Gasteiger partial charge in [0.15, 0.2) is 0 Å². The Bertz CT molecular complexity index is 603. The number of hydrogen-bond donors (Lipinski definition) is 2. The molecular formula is C12H15ClFNO4S. The Morgan fingerprint density at radius 1 is 1.45 bits per heavy atom. The number of benzene rings is 1. The molecule has 0 saturated heterocycles. The van der Waals surface area contributed by atoms with Crippen molar-refractivity contribution in [3.63, 3.8) is 0 Å². The molecule has 0 saturated carbocycles. The summed E-state index contributed by atoms with van der Waals surface area (Å²) >= 11 is 5.54. The number of aliphatic carboxylic acids is 1. The second kappa shape index (κ2) is 6.51. The van der Waals surface area contributed by atoms with Gasteiger partial charge in [-0.15, -0.1) is 0 Å². The smallest absolute Gasteiger partial charge is 0.321 e. The number of halogens is 2. The van der Waals surface area contributed by atoms with Gasteiger partial charge in [0.1, 0.15) is 16.8 Å². The molecule has 0 spiro atoms. The van der Waals surface area contributed by atoms with E-state index in [2.05, 4.69) is 0 Å².